The molecule has 0 aromatic heterocycles. The third-order valence-corrected chi connectivity index (χ3v) is 4.57. The molecule has 0 spiro atoms. The minimum Gasteiger partial charge on any atom is -0.486 e. The minimum atomic E-state index is -4.42. The summed E-state index contributed by atoms with van der Waals surface area (Å²) in [4.78, 5) is 0. The number of nitrogens with one attached hydrogen (secondary N) is 1. The molecule has 2 heterocycles. The van der Waals surface area contributed by atoms with Crippen molar-refractivity contribution in [3.05, 3.63) is 23.8 Å². The minimum absolute atomic E-state index is 0.0109. The molecule has 24 heavy (non-hydrogen) atoms. The molecule has 3 atom stereocenters. The fourth-order valence-electron chi connectivity index (χ4n) is 3.51. The van der Waals surface area contributed by atoms with Crippen molar-refractivity contribution < 1.29 is 27.4 Å². The molecule has 1 N–H and O–H groups in total. The van der Waals surface area contributed by atoms with E-state index in [1.165, 1.54) is 19.6 Å². The molecule has 1 aromatic carbocycles. The highest BCUT2D eigenvalue weighted by molar-refractivity contribution is 5.44. The maximum absolute atomic E-state index is 12.9. The van der Waals surface area contributed by atoms with Crippen LogP contribution in [-0.4, -0.2) is 32.1 Å². The van der Waals surface area contributed by atoms with E-state index in [2.05, 4.69) is 5.32 Å². The summed E-state index contributed by atoms with van der Waals surface area (Å²) >= 11 is 0. The highest BCUT2D eigenvalue weighted by Gasteiger charge is 2.34. The third kappa shape index (κ3) is 4.13. The number of piperidine rings is 2. The molecule has 0 saturated carbocycles. The Kier molecular flexibility index (Phi) is 5.20. The molecule has 0 amide bonds. The van der Waals surface area contributed by atoms with Crippen LogP contribution >= 0.6 is 0 Å². The van der Waals surface area contributed by atoms with Gasteiger partial charge in [0.25, 0.3) is 0 Å². The van der Waals surface area contributed by atoms with Gasteiger partial charge in [-0.15, -0.1) is 0 Å². The second-order valence-corrected chi connectivity index (χ2v) is 6.41. The first kappa shape index (κ1) is 17.4. The SMILES string of the molecule is COCOc1cc(C(F)(F)F)ccc1OC1C[C@H]2CCC[C@@H](C1)N2. The van der Waals surface area contributed by atoms with Crippen LogP contribution in [0.3, 0.4) is 0 Å². The van der Waals surface area contributed by atoms with E-state index in [-0.39, 0.29) is 18.6 Å². The molecule has 7 heteroatoms. The quantitative estimate of drug-likeness (QED) is 0.826. The summed E-state index contributed by atoms with van der Waals surface area (Å²) in [5.74, 6) is 0.403. The molecule has 3 rings (SSSR count). The van der Waals surface area contributed by atoms with Gasteiger partial charge in [-0.2, -0.15) is 13.2 Å². The summed E-state index contributed by atoms with van der Waals surface area (Å²) < 4.78 is 54.8. The molecule has 2 saturated heterocycles. The highest BCUT2D eigenvalue weighted by Crippen LogP contribution is 2.38. The van der Waals surface area contributed by atoms with Crippen molar-refractivity contribution in [3.63, 3.8) is 0 Å². The average molecular weight is 345 g/mol. The molecule has 4 nitrogen and oxygen atoms in total. The lowest BCUT2D eigenvalue weighted by Gasteiger charge is -2.40. The first-order chi connectivity index (χ1) is 11.5. The molecule has 2 aliphatic heterocycles. The Morgan fingerprint density at radius 3 is 2.46 bits per heavy atom. The fraction of sp³-hybridized carbons (Fsp3) is 0.647. The Morgan fingerprint density at radius 2 is 1.83 bits per heavy atom. The number of fused-ring (bicyclic) bond motifs is 2. The second kappa shape index (κ2) is 7.19. The molecule has 2 bridgehead atoms. The first-order valence-electron chi connectivity index (χ1n) is 8.21. The molecule has 1 unspecified atom stereocenters. The predicted molar refractivity (Wildman–Crippen MR) is 82.2 cm³/mol. The van der Waals surface area contributed by atoms with Crippen LogP contribution in [0.25, 0.3) is 0 Å². The zero-order valence-electron chi connectivity index (χ0n) is 13.6. The van der Waals surface area contributed by atoms with Crippen molar-refractivity contribution in [1.82, 2.24) is 5.32 Å². The zero-order valence-corrected chi connectivity index (χ0v) is 13.6. The summed E-state index contributed by atoms with van der Waals surface area (Å²) in [5, 5.41) is 3.57. The number of hydrogen-bond donors (Lipinski definition) is 1. The number of alkyl halides is 3. The number of rotatable bonds is 5. The monoisotopic (exact) mass is 345 g/mol. The van der Waals surface area contributed by atoms with E-state index in [1.54, 1.807) is 0 Å². The van der Waals surface area contributed by atoms with Gasteiger partial charge in [-0.25, -0.2) is 0 Å². The van der Waals surface area contributed by atoms with Gasteiger partial charge in [-0.1, -0.05) is 6.42 Å². The van der Waals surface area contributed by atoms with Crippen LogP contribution in [0.5, 0.6) is 11.5 Å². The Balaban J connectivity index is 1.76. The predicted octanol–water partition coefficient (Wildman–Crippen LogP) is 3.74. The zero-order chi connectivity index (χ0) is 17.2. The van der Waals surface area contributed by atoms with Crippen molar-refractivity contribution >= 4 is 0 Å². The van der Waals surface area contributed by atoms with E-state index in [4.69, 9.17) is 14.2 Å². The third-order valence-electron chi connectivity index (χ3n) is 4.57. The van der Waals surface area contributed by atoms with Crippen LogP contribution in [0, 0.1) is 0 Å². The summed E-state index contributed by atoms with van der Waals surface area (Å²) in [5.41, 5.74) is -0.761. The van der Waals surface area contributed by atoms with E-state index in [0.29, 0.717) is 17.8 Å². The van der Waals surface area contributed by atoms with Crippen LogP contribution < -0.4 is 14.8 Å². The van der Waals surface area contributed by atoms with Gasteiger partial charge in [0.2, 0.25) is 0 Å². The van der Waals surface area contributed by atoms with Crippen molar-refractivity contribution in [2.75, 3.05) is 13.9 Å². The van der Waals surface area contributed by atoms with Gasteiger partial charge >= 0.3 is 6.18 Å². The largest absolute Gasteiger partial charge is 0.486 e. The highest BCUT2D eigenvalue weighted by atomic mass is 19.4. The Labute approximate surface area is 139 Å². The fourth-order valence-corrected chi connectivity index (χ4v) is 3.51. The Hall–Kier alpha value is -1.47. The average Bonchev–Trinajstić information content (AvgIpc) is 2.52. The summed E-state index contributed by atoms with van der Waals surface area (Å²) in [6.45, 7) is -0.130. The standard InChI is InChI=1S/C17H22F3NO3/c1-22-10-23-16-7-11(17(18,19)20)5-6-15(16)24-14-8-12-3-2-4-13(9-14)21-12/h5-7,12-14,21H,2-4,8-10H2,1H3/t12-,13+,14?. The number of ether oxygens (including phenoxy) is 3. The molecule has 0 radical (unpaired) electrons. The second-order valence-electron chi connectivity index (χ2n) is 6.41. The number of benzene rings is 1. The van der Waals surface area contributed by atoms with Gasteiger partial charge in [0.1, 0.15) is 6.10 Å². The van der Waals surface area contributed by atoms with Crippen molar-refractivity contribution in [3.8, 4) is 11.5 Å². The molecule has 2 aliphatic rings. The summed E-state index contributed by atoms with van der Waals surface area (Å²) in [7, 11) is 1.42. The van der Waals surface area contributed by atoms with E-state index in [0.717, 1.165) is 37.8 Å². The van der Waals surface area contributed by atoms with E-state index in [9.17, 15) is 13.2 Å². The molecular formula is C17H22F3NO3. The lowest BCUT2D eigenvalue weighted by atomic mass is 9.85. The van der Waals surface area contributed by atoms with Gasteiger partial charge in [-0.05, 0) is 43.9 Å². The van der Waals surface area contributed by atoms with Crippen LogP contribution in [0.15, 0.2) is 18.2 Å². The van der Waals surface area contributed by atoms with Gasteiger partial charge in [0.05, 0.1) is 5.56 Å². The number of hydrogen-bond acceptors (Lipinski definition) is 4. The van der Waals surface area contributed by atoms with Crippen LogP contribution in [0.1, 0.15) is 37.7 Å². The molecular weight excluding hydrogens is 323 g/mol. The smallest absolute Gasteiger partial charge is 0.416 e. The van der Waals surface area contributed by atoms with Gasteiger partial charge in [-0.3, -0.25) is 0 Å². The summed E-state index contributed by atoms with van der Waals surface area (Å²) in [6, 6.07) is 4.19. The van der Waals surface area contributed by atoms with Gasteiger partial charge in [0.15, 0.2) is 18.3 Å². The molecule has 1 aromatic rings. The van der Waals surface area contributed by atoms with E-state index < -0.39 is 11.7 Å². The lowest BCUT2D eigenvalue weighted by Crippen LogP contribution is -2.51. The van der Waals surface area contributed by atoms with Crippen molar-refractivity contribution in [2.45, 2.75) is 56.5 Å². The Morgan fingerprint density at radius 1 is 1.12 bits per heavy atom. The van der Waals surface area contributed by atoms with Crippen LogP contribution in [-0.2, 0) is 10.9 Å². The van der Waals surface area contributed by atoms with Crippen LogP contribution in [0.2, 0.25) is 0 Å². The van der Waals surface area contributed by atoms with Gasteiger partial charge < -0.3 is 19.5 Å². The molecule has 0 aliphatic carbocycles. The van der Waals surface area contributed by atoms with Crippen molar-refractivity contribution in [1.29, 1.82) is 0 Å². The normalized spacial score (nSPS) is 26.9. The topological polar surface area (TPSA) is 39.7 Å². The lowest BCUT2D eigenvalue weighted by molar-refractivity contribution is -0.137. The van der Waals surface area contributed by atoms with E-state index >= 15 is 0 Å². The first-order valence-corrected chi connectivity index (χ1v) is 8.21. The van der Waals surface area contributed by atoms with Crippen molar-refractivity contribution in [2.24, 2.45) is 0 Å². The van der Waals surface area contributed by atoms with Gasteiger partial charge in [0, 0.05) is 19.2 Å². The maximum atomic E-state index is 12.9. The summed E-state index contributed by atoms with van der Waals surface area (Å²) in [6.07, 6.45) is 0.755. The number of methoxy groups -OCH3 is 1. The van der Waals surface area contributed by atoms with E-state index in [1.807, 2.05) is 0 Å². The Bertz CT molecular complexity index is 553. The molecule has 2 fully saturated rings. The number of halogens is 3. The van der Waals surface area contributed by atoms with Crippen LogP contribution in [0.4, 0.5) is 13.2 Å². The molecule has 134 valence electrons. The maximum Gasteiger partial charge on any atom is 0.416 e.